The predicted octanol–water partition coefficient (Wildman–Crippen LogP) is 5.69. The maximum atomic E-state index is 6.56. The molecule has 0 spiro atoms. The lowest BCUT2D eigenvalue weighted by Crippen LogP contribution is -2.31. The highest BCUT2D eigenvalue weighted by Crippen LogP contribution is 2.39. The molecule has 1 aromatic carbocycles. The summed E-state index contributed by atoms with van der Waals surface area (Å²) in [7, 11) is 0. The van der Waals surface area contributed by atoms with Gasteiger partial charge in [0.05, 0.1) is 11.5 Å². The molecule has 1 aliphatic carbocycles. The average molecular weight is 295 g/mol. The summed E-state index contributed by atoms with van der Waals surface area (Å²) in [5, 5.41) is 0.147. The minimum absolute atomic E-state index is 0.147. The van der Waals surface area contributed by atoms with Crippen molar-refractivity contribution in [1.82, 2.24) is 0 Å². The van der Waals surface area contributed by atoms with Crippen molar-refractivity contribution in [2.45, 2.75) is 63.9 Å². The molecule has 112 valence electrons. The fraction of sp³-hybridized carbons (Fsp3) is 0.667. The number of benzene rings is 1. The number of rotatable bonds is 7. The Hall–Kier alpha value is -0.530. The standard InChI is InChI=1S/C18H27ClO/c1-4-13(3)15-6-8-16(9-7-15)18(19)12-14-10-17(11-14)20-5-2/h6-9,13-14,17-18H,4-5,10-12H2,1-3H3. The molecule has 2 atom stereocenters. The number of hydrogen-bond acceptors (Lipinski definition) is 1. The first-order valence-electron chi connectivity index (χ1n) is 7.99. The van der Waals surface area contributed by atoms with E-state index in [2.05, 4.69) is 45.0 Å². The van der Waals surface area contributed by atoms with Gasteiger partial charge in [0.1, 0.15) is 0 Å². The van der Waals surface area contributed by atoms with Gasteiger partial charge in [-0.25, -0.2) is 0 Å². The van der Waals surface area contributed by atoms with Crippen LogP contribution in [0, 0.1) is 5.92 Å². The Morgan fingerprint density at radius 3 is 2.30 bits per heavy atom. The first-order valence-corrected chi connectivity index (χ1v) is 8.43. The van der Waals surface area contributed by atoms with Crippen LogP contribution in [0.5, 0.6) is 0 Å². The van der Waals surface area contributed by atoms with Gasteiger partial charge in [-0.3, -0.25) is 0 Å². The Labute approximate surface area is 128 Å². The van der Waals surface area contributed by atoms with Gasteiger partial charge in [0, 0.05) is 6.61 Å². The molecule has 2 rings (SSSR count). The van der Waals surface area contributed by atoms with Crippen molar-refractivity contribution in [3.05, 3.63) is 35.4 Å². The van der Waals surface area contributed by atoms with Crippen LogP contribution in [0.3, 0.4) is 0 Å². The monoisotopic (exact) mass is 294 g/mol. The molecule has 1 fully saturated rings. The molecule has 0 heterocycles. The van der Waals surface area contributed by atoms with E-state index in [0.717, 1.165) is 18.9 Å². The van der Waals surface area contributed by atoms with Crippen molar-refractivity contribution in [1.29, 1.82) is 0 Å². The number of hydrogen-bond donors (Lipinski definition) is 0. The zero-order valence-corrected chi connectivity index (χ0v) is 13.7. The van der Waals surface area contributed by atoms with Crippen LogP contribution in [0.1, 0.15) is 68.9 Å². The van der Waals surface area contributed by atoms with Gasteiger partial charge in [0.25, 0.3) is 0 Å². The second-order valence-electron chi connectivity index (χ2n) is 6.09. The Morgan fingerprint density at radius 2 is 1.75 bits per heavy atom. The molecular formula is C18H27ClO. The summed E-state index contributed by atoms with van der Waals surface area (Å²) >= 11 is 6.56. The Kier molecular flexibility index (Phi) is 5.92. The van der Waals surface area contributed by atoms with E-state index < -0.39 is 0 Å². The molecule has 20 heavy (non-hydrogen) atoms. The van der Waals surface area contributed by atoms with E-state index in [0.29, 0.717) is 12.0 Å². The molecule has 0 bridgehead atoms. The molecule has 0 saturated heterocycles. The zero-order chi connectivity index (χ0) is 14.5. The van der Waals surface area contributed by atoms with Crippen LogP contribution in [0.2, 0.25) is 0 Å². The van der Waals surface area contributed by atoms with E-state index in [1.54, 1.807) is 0 Å². The fourth-order valence-electron chi connectivity index (χ4n) is 2.94. The topological polar surface area (TPSA) is 9.23 Å². The van der Waals surface area contributed by atoms with Crippen LogP contribution in [-0.4, -0.2) is 12.7 Å². The van der Waals surface area contributed by atoms with Crippen LogP contribution < -0.4 is 0 Å². The van der Waals surface area contributed by atoms with E-state index in [9.17, 15) is 0 Å². The van der Waals surface area contributed by atoms with Gasteiger partial charge in [0.2, 0.25) is 0 Å². The average Bonchev–Trinajstić information content (AvgIpc) is 2.44. The Bertz CT molecular complexity index is 394. The molecule has 2 unspecified atom stereocenters. The van der Waals surface area contributed by atoms with Gasteiger partial charge in [-0.15, -0.1) is 11.6 Å². The molecule has 0 radical (unpaired) electrons. The molecule has 2 heteroatoms. The second kappa shape index (κ2) is 7.47. The quantitative estimate of drug-likeness (QED) is 0.587. The highest BCUT2D eigenvalue weighted by atomic mass is 35.5. The lowest BCUT2D eigenvalue weighted by Gasteiger charge is -2.36. The molecular weight excluding hydrogens is 268 g/mol. The summed E-state index contributed by atoms with van der Waals surface area (Å²) in [6.45, 7) is 7.40. The highest BCUT2D eigenvalue weighted by molar-refractivity contribution is 6.20. The van der Waals surface area contributed by atoms with Gasteiger partial charge >= 0.3 is 0 Å². The molecule has 1 saturated carbocycles. The lowest BCUT2D eigenvalue weighted by molar-refractivity contribution is -0.0267. The predicted molar refractivity (Wildman–Crippen MR) is 86.5 cm³/mol. The van der Waals surface area contributed by atoms with Crippen LogP contribution in [0.15, 0.2) is 24.3 Å². The molecule has 0 N–H and O–H groups in total. The normalized spacial score (nSPS) is 25.0. The summed E-state index contributed by atoms with van der Waals surface area (Å²) < 4.78 is 5.61. The number of ether oxygens (including phenoxy) is 1. The van der Waals surface area contributed by atoms with Gasteiger partial charge in [-0.05, 0) is 55.6 Å². The number of halogens is 1. The van der Waals surface area contributed by atoms with Crippen molar-refractivity contribution in [3.63, 3.8) is 0 Å². The largest absolute Gasteiger partial charge is 0.378 e. The summed E-state index contributed by atoms with van der Waals surface area (Å²) in [5.74, 6) is 1.37. The van der Waals surface area contributed by atoms with Gasteiger partial charge in [-0.1, -0.05) is 38.1 Å². The second-order valence-corrected chi connectivity index (χ2v) is 6.62. The van der Waals surface area contributed by atoms with Crippen LogP contribution in [-0.2, 0) is 4.74 Å². The van der Waals surface area contributed by atoms with Crippen molar-refractivity contribution in [2.24, 2.45) is 5.92 Å². The molecule has 0 aromatic heterocycles. The fourth-order valence-corrected chi connectivity index (χ4v) is 3.33. The summed E-state index contributed by atoms with van der Waals surface area (Å²) in [6.07, 6.45) is 5.11. The van der Waals surface area contributed by atoms with E-state index >= 15 is 0 Å². The van der Waals surface area contributed by atoms with Gasteiger partial charge in [-0.2, -0.15) is 0 Å². The van der Waals surface area contributed by atoms with Gasteiger partial charge in [0.15, 0.2) is 0 Å². The van der Waals surface area contributed by atoms with E-state index in [4.69, 9.17) is 16.3 Å². The minimum atomic E-state index is 0.147. The van der Waals surface area contributed by atoms with Crippen LogP contribution in [0.25, 0.3) is 0 Å². The van der Waals surface area contributed by atoms with Crippen molar-refractivity contribution in [3.8, 4) is 0 Å². The highest BCUT2D eigenvalue weighted by Gasteiger charge is 2.31. The molecule has 1 aliphatic rings. The summed E-state index contributed by atoms with van der Waals surface area (Å²) in [6, 6.07) is 8.89. The lowest BCUT2D eigenvalue weighted by atomic mass is 9.78. The smallest absolute Gasteiger partial charge is 0.0587 e. The third-order valence-corrected chi connectivity index (χ3v) is 5.04. The minimum Gasteiger partial charge on any atom is -0.378 e. The first kappa shape index (κ1) is 15.9. The summed E-state index contributed by atoms with van der Waals surface area (Å²) in [4.78, 5) is 0. The summed E-state index contributed by atoms with van der Waals surface area (Å²) in [5.41, 5.74) is 2.68. The van der Waals surface area contributed by atoms with Crippen LogP contribution >= 0.6 is 11.6 Å². The third-order valence-electron chi connectivity index (χ3n) is 4.61. The zero-order valence-electron chi connectivity index (χ0n) is 12.9. The number of alkyl halides is 1. The van der Waals surface area contributed by atoms with Crippen molar-refractivity contribution >= 4 is 11.6 Å². The Balaban J connectivity index is 1.82. The molecule has 0 aliphatic heterocycles. The molecule has 1 aromatic rings. The SMILES string of the molecule is CCOC1CC(CC(Cl)c2ccc(C(C)CC)cc2)C1. The van der Waals surface area contributed by atoms with E-state index in [-0.39, 0.29) is 5.38 Å². The molecule has 1 nitrogen and oxygen atoms in total. The van der Waals surface area contributed by atoms with E-state index in [1.807, 2.05) is 0 Å². The van der Waals surface area contributed by atoms with Crippen molar-refractivity contribution in [2.75, 3.05) is 6.61 Å². The first-order chi connectivity index (χ1) is 9.63. The van der Waals surface area contributed by atoms with Gasteiger partial charge < -0.3 is 4.74 Å². The maximum absolute atomic E-state index is 6.56. The van der Waals surface area contributed by atoms with E-state index in [1.165, 1.54) is 30.4 Å². The molecule has 0 amide bonds. The Morgan fingerprint density at radius 1 is 1.15 bits per heavy atom. The maximum Gasteiger partial charge on any atom is 0.0587 e. The van der Waals surface area contributed by atoms with Crippen molar-refractivity contribution < 1.29 is 4.74 Å². The van der Waals surface area contributed by atoms with Crippen LogP contribution in [0.4, 0.5) is 0 Å². The third kappa shape index (κ3) is 3.99.